The van der Waals surface area contributed by atoms with E-state index in [9.17, 15) is 14.4 Å². The molecule has 0 bridgehead atoms. The highest BCUT2D eigenvalue weighted by molar-refractivity contribution is 5.79. The van der Waals surface area contributed by atoms with Crippen LogP contribution in [0.25, 0.3) is 11.1 Å². The maximum absolute atomic E-state index is 12.2. The van der Waals surface area contributed by atoms with E-state index in [1.54, 1.807) is 6.92 Å². The van der Waals surface area contributed by atoms with Crippen molar-refractivity contribution in [2.45, 2.75) is 45.4 Å². The molecule has 0 aliphatic heterocycles. The molecule has 0 fully saturated rings. The molecule has 2 aromatic rings. The van der Waals surface area contributed by atoms with Crippen LogP contribution in [-0.4, -0.2) is 42.8 Å². The fourth-order valence-corrected chi connectivity index (χ4v) is 4.30. The molecule has 7 nitrogen and oxygen atoms in total. The van der Waals surface area contributed by atoms with Crippen LogP contribution >= 0.6 is 0 Å². The number of fused-ring (bicyclic) bond motifs is 3. The Kier molecular flexibility index (Phi) is 9.08. The van der Waals surface area contributed by atoms with Gasteiger partial charge in [-0.15, -0.1) is 0 Å². The summed E-state index contributed by atoms with van der Waals surface area (Å²) in [7, 11) is 0. The minimum atomic E-state index is -0.816. The smallest absolute Gasteiger partial charge is 0.407 e. The Morgan fingerprint density at radius 1 is 0.853 bits per heavy atom. The highest BCUT2D eigenvalue weighted by Crippen LogP contribution is 2.44. The van der Waals surface area contributed by atoms with Crippen LogP contribution in [-0.2, 0) is 14.3 Å². The number of alkyl carbamates (subject to hydrolysis) is 1. The summed E-state index contributed by atoms with van der Waals surface area (Å²) in [5, 5.41) is 14.5. The summed E-state index contributed by atoms with van der Waals surface area (Å²) in [6.07, 6.45) is 2.02. The van der Waals surface area contributed by atoms with Crippen LogP contribution in [0.3, 0.4) is 0 Å². The average Bonchev–Trinajstić information content (AvgIpc) is 3.16. The summed E-state index contributed by atoms with van der Waals surface area (Å²) in [6, 6.07) is 16.4. The first-order valence-electron chi connectivity index (χ1n) is 12.0. The maximum atomic E-state index is 12.2. The standard InChI is InChI=1S/C27H34N2O5/c1-18(25(30)28-15-8-10-19(2)26(31)32)9-7-16-29-27(33)34-17-24-22-13-5-3-11-20(22)21-12-4-6-14-23(21)24/h3-6,11-14,18-19,24H,7-10,15-17H2,1-2H3,(H,28,30)(H,29,33)(H,31,32). The van der Waals surface area contributed by atoms with E-state index in [0.717, 1.165) is 0 Å². The third-order valence-corrected chi connectivity index (χ3v) is 6.41. The van der Waals surface area contributed by atoms with Crippen LogP contribution in [0.15, 0.2) is 48.5 Å². The first-order chi connectivity index (χ1) is 16.4. The molecule has 0 saturated carbocycles. The van der Waals surface area contributed by atoms with Gasteiger partial charge in [0.2, 0.25) is 5.91 Å². The lowest BCUT2D eigenvalue weighted by atomic mass is 9.98. The van der Waals surface area contributed by atoms with Gasteiger partial charge in [0.25, 0.3) is 0 Å². The zero-order valence-corrected chi connectivity index (χ0v) is 19.9. The van der Waals surface area contributed by atoms with Gasteiger partial charge in [-0.05, 0) is 47.9 Å². The predicted molar refractivity (Wildman–Crippen MR) is 131 cm³/mol. The van der Waals surface area contributed by atoms with E-state index in [4.69, 9.17) is 9.84 Å². The second-order valence-electron chi connectivity index (χ2n) is 8.97. The number of carbonyl (C=O) groups is 3. The summed E-state index contributed by atoms with van der Waals surface area (Å²) >= 11 is 0. The van der Waals surface area contributed by atoms with Crippen LogP contribution in [0, 0.1) is 11.8 Å². The number of carbonyl (C=O) groups excluding carboxylic acids is 2. The molecule has 0 radical (unpaired) electrons. The van der Waals surface area contributed by atoms with Crippen LogP contribution in [0.2, 0.25) is 0 Å². The fraction of sp³-hybridized carbons (Fsp3) is 0.444. The summed E-state index contributed by atoms with van der Waals surface area (Å²) in [5.74, 6) is -1.42. The van der Waals surface area contributed by atoms with Crippen molar-refractivity contribution >= 4 is 18.0 Å². The Bertz CT molecular complexity index is 961. The van der Waals surface area contributed by atoms with Crippen molar-refractivity contribution < 1.29 is 24.2 Å². The summed E-state index contributed by atoms with van der Waals surface area (Å²) in [5.41, 5.74) is 4.73. The second kappa shape index (κ2) is 12.2. The van der Waals surface area contributed by atoms with Crippen molar-refractivity contribution in [3.8, 4) is 11.1 Å². The molecule has 1 aliphatic rings. The normalized spacial score (nSPS) is 13.9. The van der Waals surface area contributed by atoms with Crippen LogP contribution in [0.5, 0.6) is 0 Å². The lowest BCUT2D eigenvalue weighted by Crippen LogP contribution is -2.31. The molecule has 2 aromatic carbocycles. The maximum Gasteiger partial charge on any atom is 0.407 e. The van der Waals surface area contributed by atoms with Gasteiger partial charge in [-0.3, -0.25) is 9.59 Å². The van der Waals surface area contributed by atoms with Gasteiger partial charge in [-0.1, -0.05) is 62.4 Å². The lowest BCUT2D eigenvalue weighted by molar-refractivity contribution is -0.141. The van der Waals surface area contributed by atoms with Crippen molar-refractivity contribution in [1.82, 2.24) is 10.6 Å². The molecular weight excluding hydrogens is 432 g/mol. The molecule has 0 spiro atoms. The number of amides is 2. The third-order valence-electron chi connectivity index (χ3n) is 6.41. The molecule has 0 heterocycles. The van der Waals surface area contributed by atoms with Crippen molar-refractivity contribution in [2.75, 3.05) is 19.7 Å². The molecular formula is C27H34N2O5. The quantitative estimate of drug-likeness (QED) is 0.398. The average molecular weight is 467 g/mol. The highest BCUT2D eigenvalue weighted by atomic mass is 16.5. The predicted octanol–water partition coefficient (Wildman–Crippen LogP) is 4.56. The van der Waals surface area contributed by atoms with Gasteiger partial charge in [0.05, 0.1) is 5.92 Å². The Balaban J connectivity index is 1.33. The molecule has 3 rings (SSSR count). The van der Waals surface area contributed by atoms with Crippen molar-refractivity contribution in [2.24, 2.45) is 11.8 Å². The van der Waals surface area contributed by atoms with Gasteiger partial charge >= 0.3 is 12.1 Å². The van der Waals surface area contributed by atoms with E-state index in [0.29, 0.717) is 38.8 Å². The molecule has 2 amide bonds. The fourth-order valence-electron chi connectivity index (χ4n) is 4.30. The number of benzene rings is 2. The Morgan fingerprint density at radius 2 is 1.38 bits per heavy atom. The Hall–Kier alpha value is -3.35. The van der Waals surface area contributed by atoms with E-state index in [1.165, 1.54) is 22.3 Å². The number of carboxylic acid groups (broad SMARTS) is 1. The zero-order chi connectivity index (χ0) is 24.5. The van der Waals surface area contributed by atoms with Gasteiger partial charge in [0, 0.05) is 24.9 Å². The van der Waals surface area contributed by atoms with Gasteiger partial charge in [-0.2, -0.15) is 0 Å². The summed E-state index contributed by atoms with van der Waals surface area (Å²) in [4.78, 5) is 35.2. The Morgan fingerprint density at radius 3 is 1.97 bits per heavy atom. The van der Waals surface area contributed by atoms with Gasteiger partial charge in [0.1, 0.15) is 6.61 Å². The molecule has 34 heavy (non-hydrogen) atoms. The first kappa shape index (κ1) is 25.3. The third kappa shape index (κ3) is 6.59. The topological polar surface area (TPSA) is 105 Å². The largest absolute Gasteiger partial charge is 0.481 e. The Labute approximate surface area is 200 Å². The lowest BCUT2D eigenvalue weighted by Gasteiger charge is -2.15. The van der Waals surface area contributed by atoms with Crippen LogP contribution in [0.1, 0.15) is 56.6 Å². The van der Waals surface area contributed by atoms with Crippen LogP contribution in [0.4, 0.5) is 4.79 Å². The van der Waals surface area contributed by atoms with Gasteiger partial charge in [-0.25, -0.2) is 4.79 Å². The number of hydrogen-bond donors (Lipinski definition) is 3. The summed E-state index contributed by atoms with van der Waals surface area (Å²) < 4.78 is 5.52. The van der Waals surface area contributed by atoms with Gasteiger partial charge in [0.15, 0.2) is 0 Å². The van der Waals surface area contributed by atoms with Crippen LogP contribution < -0.4 is 10.6 Å². The SMILES string of the molecule is CC(CCCNC(=O)C(C)CCCNC(=O)OCC1c2ccccc2-c2ccccc21)C(=O)O. The molecule has 182 valence electrons. The van der Waals surface area contributed by atoms with Gasteiger partial charge < -0.3 is 20.5 Å². The number of rotatable bonds is 12. The highest BCUT2D eigenvalue weighted by Gasteiger charge is 2.28. The van der Waals surface area contributed by atoms with E-state index in [1.807, 2.05) is 31.2 Å². The molecule has 7 heteroatoms. The van der Waals surface area contributed by atoms with E-state index in [-0.39, 0.29) is 24.3 Å². The zero-order valence-electron chi connectivity index (χ0n) is 19.9. The molecule has 0 aromatic heterocycles. The van der Waals surface area contributed by atoms with Crippen molar-refractivity contribution in [3.05, 3.63) is 59.7 Å². The first-order valence-corrected chi connectivity index (χ1v) is 12.0. The molecule has 2 unspecified atom stereocenters. The number of aliphatic carboxylic acids is 1. The molecule has 1 aliphatic carbocycles. The van der Waals surface area contributed by atoms with E-state index < -0.39 is 18.0 Å². The van der Waals surface area contributed by atoms with Crippen molar-refractivity contribution in [3.63, 3.8) is 0 Å². The number of nitrogens with one attached hydrogen (secondary N) is 2. The number of carboxylic acids is 1. The second-order valence-corrected chi connectivity index (χ2v) is 8.97. The number of ether oxygens (including phenoxy) is 1. The van der Waals surface area contributed by atoms with E-state index in [2.05, 4.69) is 34.9 Å². The molecule has 2 atom stereocenters. The van der Waals surface area contributed by atoms with E-state index >= 15 is 0 Å². The monoisotopic (exact) mass is 466 g/mol. The number of hydrogen-bond acceptors (Lipinski definition) is 4. The summed E-state index contributed by atoms with van der Waals surface area (Å²) in [6.45, 7) is 4.70. The minimum Gasteiger partial charge on any atom is -0.481 e. The van der Waals surface area contributed by atoms with Crippen molar-refractivity contribution in [1.29, 1.82) is 0 Å². The molecule has 0 saturated heterocycles. The minimum absolute atomic E-state index is 0.0281. The molecule has 3 N–H and O–H groups in total.